The molecule has 0 unspecified atom stereocenters. The molecular formula is C98H176O14. The lowest BCUT2D eigenvalue weighted by atomic mass is 10.1. The van der Waals surface area contributed by atoms with Crippen LogP contribution >= 0.6 is 0 Å². The first-order valence-electron chi connectivity index (χ1n) is 46.4. The van der Waals surface area contributed by atoms with Gasteiger partial charge >= 0.3 is 41.8 Å². The molecular weight excluding hydrogens is 1400 g/mol. The van der Waals surface area contributed by atoms with Gasteiger partial charge in [0.05, 0.1) is 11.1 Å². The molecule has 0 fully saturated rings. The molecule has 0 radical (unpaired) electrons. The van der Waals surface area contributed by atoms with Crippen molar-refractivity contribution < 1.29 is 69.3 Å². The van der Waals surface area contributed by atoms with Crippen LogP contribution in [0, 0.1) is 0 Å². The van der Waals surface area contributed by atoms with Gasteiger partial charge in [0.25, 0.3) is 0 Å². The predicted molar refractivity (Wildman–Crippen MR) is 476 cm³/mol. The number of aromatic carboxylic acids is 2. The third kappa shape index (κ3) is 115. The number of benzene rings is 1. The Labute approximate surface area is 687 Å². The van der Waals surface area contributed by atoms with E-state index in [-0.39, 0.29) is 11.1 Å². The van der Waals surface area contributed by atoms with Gasteiger partial charge in [-0.1, -0.05) is 364 Å². The number of carbonyl (C=O) groups is 7. The fourth-order valence-electron chi connectivity index (χ4n) is 12.6. The van der Waals surface area contributed by atoms with Gasteiger partial charge in [-0.2, -0.15) is 0 Å². The van der Waals surface area contributed by atoms with Gasteiger partial charge in [0.2, 0.25) is 0 Å². The number of hydrogen-bond acceptors (Lipinski definition) is 7. The second kappa shape index (κ2) is 103. The second-order valence-corrected chi connectivity index (χ2v) is 30.8. The van der Waals surface area contributed by atoms with E-state index in [4.69, 9.17) is 35.7 Å². The number of rotatable bonds is 77. The van der Waals surface area contributed by atoms with Gasteiger partial charge in [-0.3, -0.25) is 24.0 Å². The van der Waals surface area contributed by atoms with E-state index >= 15 is 0 Å². The predicted octanol–water partition coefficient (Wildman–Crippen LogP) is 31.6. The fraction of sp³-hybridized carbons (Fsp3) is 0.765. The molecule has 0 aliphatic carbocycles. The van der Waals surface area contributed by atoms with Crippen LogP contribution in [0.25, 0.3) is 0 Å². The topological polar surface area (TPSA) is 261 Å². The molecule has 0 heterocycles. The lowest BCUT2D eigenvalue weighted by Gasteiger charge is -1.99. The Morgan fingerprint density at radius 2 is 0.304 bits per heavy atom. The number of hydrogen-bond donors (Lipinski definition) is 7. The molecule has 14 nitrogen and oxygen atoms in total. The van der Waals surface area contributed by atoms with Crippen molar-refractivity contribution in [2.45, 2.75) is 484 Å². The van der Waals surface area contributed by atoms with E-state index in [1.54, 1.807) is 0 Å². The molecule has 0 aliphatic heterocycles. The average Bonchev–Trinajstić information content (AvgIpc) is 0.862. The third-order valence-corrected chi connectivity index (χ3v) is 19.7. The van der Waals surface area contributed by atoms with E-state index in [9.17, 15) is 33.6 Å². The summed E-state index contributed by atoms with van der Waals surface area (Å²) in [5.74, 6) is -5.78. The van der Waals surface area contributed by atoms with Crippen LogP contribution in [0.1, 0.15) is 505 Å². The summed E-state index contributed by atoms with van der Waals surface area (Å²) in [7, 11) is 0. The quantitative estimate of drug-likeness (QED) is 0.0236. The van der Waals surface area contributed by atoms with Crippen LogP contribution in [0.4, 0.5) is 0 Å². The Morgan fingerprint density at radius 1 is 0.188 bits per heavy atom. The summed E-state index contributed by atoms with van der Waals surface area (Å²) in [4.78, 5) is 72.5. The zero-order valence-electron chi connectivity index (χ0n) is 73.1. The van der Waals surface area contributed by atoms with Crippen molar-refractivity contribution >= 4 is 41.8 Å². The van der Waals surface area contributed by atoms with Crippen LogP contribution in [0.15, 0.2) is 85.0 Å². The SMILES string of the molecule is CCCCCCCCC=CCCCCCCCC(=O)O.CCCCCCCCC=CCCCCCCCC(=O)O.CCCCCCCCC=CCCCCCCCC(=O)O.CCCCCCCCC=CCCCCCCCC(=O)O.CCCCCCCCC=CCCCCCCCC(=O)O.O=C(O)c1ccccc1C(=O)O. The van der Waals surface area contributed by atoms with E-state index in [0.717, 1.165) is 64.2 Å². The summed E-state index contributed by atoms with van der Waals surface area (Å²) >= 11 is 0. The van der Waals surface area contributed by atoms with Crippen LogP contribution in [-0.2, 0) is 24.0 Å². The molecule has 0 bridgehead atoms. The maximum Gasteiger partial charge on any atom is 0.336 e. The van der Waals surface area contributed by atoms with E-state index in [2.05, 4.69) is 95.4 Å². The monoisotopic (exact) mass is 1580 g/mol. The van der Waals surface area contributed by atoms with Crippen LogP contribution in [0.3, 0.4) is 0 Å². The molecule has 0 saturated carbocycles. The number of unbranched alkanes of at least 4 members (excludes halogenated alkanes) is 55. The molecule has 0 aliphatic rings. The summed E-state index contributed by atoms with van der Waals surface area (Å²) in [5.41, 5.74) is -0.380. The third-order valence-electron chi connectivity index (χ3n) is 19.7. The molecule has 0 amide bonds. The van der Waals surface area contributed by atoms with Crippen molar-refractivity contribution in [2.75, 3.05) is 0 Å². The van der Waals surface area contributed by atoms with Gasteiger partial charge in [0, 0.05) is 32.1 Å². The summed E-state index contributed by atoms with van der Waals surface area (Å²) < 4.78 is 0. The van der Waals surface area contributed by atoms with E-state index < -0.39 is 41.8 Å². The molecule has 14 heteroatoms. The molecule has 1 aromatic rings. The van der Waals surface area contributed by atoms with Gasteiger partial charge in [0.1, 0.15) is 0 Å². The number of allylic oxidation sites excluding steroid dienone is 10. The molecule has 0 saturated heterocycles. The lowest BCUT2D eigenvalue weighted by Crippen LogP contribution is -2.06. The summed E-state index contributed by atoms with van der Waals surface area (Å²) in [5, 5.41) is 59.6. The molecule has 112 heavy (non-hydrogen) atoms. The molecule has 0 spiro atoms. The maximum absolute atomic E-state index is 10.5. The first-order chi connectivity index (χ1) is 54.5. The van der Waals surface area contributed by atoms with E-state index in [0.29, 0.717) is 32.1 Å². The Balaban J connectivity index is -0.000000411. The van der Waals surface area contributed by atoms with Gasteiger partial charge in [0.15, 0.2) is 0 Å². The highest BCUT2D eigenvalue weighted by Crippen LogP contribution is 2.17. The van der Waals surface area contributed by atoms with Crippen molar-refractivity contribution in [3.05, 3.63) is 96.2 Å². The van der Waals surface area contributed by atoms with Crippen LogP contribution in [0.2, 0.25) is 0 Å². The smallest absolute Gasteiger partial charge is 0.336 e. The zero-order valence-corrected chi connectivity index (χ0v) is 73.1. The van der Waals surface area contributed by atoms with Crippen LogP contribution < -0.4 is 0 Å². The minimum absolute atomic E-state index is 0.190. The first kappa shape index (κ1) is 115. The molecule has 1 rings (SSSR count). The van der Waals surface area contributed by atoms with Gasteiger partial charge in [-0.15, -0.1) is 0 Å². The summed E-state index contributed by atoms with van der Waals surface area (Å²) in [6.45, 7) is 11.3. The highest BCUT2D eigenvalue weighted by Gasteiger charge is 2.14. The summed E-state index contributed by atoms with van der Waals surface area (Å²) in [6, 6.07) is 5.48. The second-order valence-electron chi connectivity index (χ2n) is 30.8. The van der Waals surface area contributed by atoms with Crippen LogP contribution in [0.5, 0.6) is 0 Å². The zero-order chi connectivity index (χ0) is 83.6. The van der Waals surface area contributed by atoms with E-state index in [1.165, 1.54) is 377 Å². The Morgan fingerprint density at radius 3 is 0.420 bits per heavy atom. The molecule has 0 aromatic heterocycles. The minimum Gasteiger partial charge on any atom is -0.481 e. The highest BCUT2D eigenvalue weighted by molar-refractivity contribution is 6.01. The first-order valence-corrected chi connectivity index (χ1v) is 46.4. The Hall–Kier alpha value is -5.79. The summed E-state index contributed by atoms with van der Waals surface area (Å²) in [6.07, 6.45) is 106. The average molecular weight is 1580 g/mol. The van der Waals surface area contributed by atoms with Gasteiger partial charge < -0.3 is 35.7 Å². The number of carboxylic acids is 7. The van der Waals surface area contributed by atoms with Crippen molar-refractivity contribution in [3.8, 4) is 0 Å². The van der Waals surface area contributed by atoms with E-state index in [1.807, 2.05) is 0 Å². The van der Waals surface area contributed by atoms with Crippen molar-refractivity contribution in [3.63, 3.8) is 0 Å². The lowest BCUT2D eigenvalue weighted by molar-refractivity contribution is -0.138. The Kier molecular flexibility index (Phi) is 106. The standard InChI is InChI=1S/5C18H34O2.C8H6O4/c5*1-2-3-4-5-6-7-8-9-10-11-12-13-14-15-16-17-18(19)20;9-7(10)5-3-1-2-4-6(5)8(11)12/h5*9-10H,2-8,11-17H2,1H3,(H,19,20);1-4H,(H,9,10)(H,11,12). The number of carboxylic acid groups (broad SMARTS) is 7. The molecule has 7 N–H and O–H groups in total. The molecule has 652 valence electrons. The number of aliphatic carboxylic acids is 5. The van der Waals surface area contributed by atoms with Crippen molar-refractivity contribution in [1.82, 2.24) is 0 Å². The van der Waals surface area contributed by atoms with Gasteiger partial charge in [-0.25, -0.2) is 9.59 Å². The Bertz CT molecular complexity index is 1990. The maximum atomic E-state index is 10.5. The van der Waals surface area contributed by atoms with Gasteiger partial charge in [-0.05, 0) is 173 Å². The normalized spacial score (nSPS) is 11.0. The van der Waals surface area contributed by atoms with Crippen LogP contribution in [-0.4, -0.2) is 77.5 Å². The molecule has 0 atom stereocenters. The largest absolute Gasteiger partial charge is 0.481 e. The van der Waals surface area contributed by atoms with Crippen molar-refractivity contribution in [1.29, 1.82) is 0 Å². The van der Waals surface area contributed by atoms with Crippen molar-refractivity contribution in [2.24, 2.45) is 0 Å². The highest BCUT2D eigenvalue weighted by atomic mass is 16.4. The molecule has 1 aromatic carbocycles. The minimum atomic E-state index is -1.23. The fourth-order valence-corrected chi connectivity index (χ4v) is 12.6.